The molecule has 0 aromatic heterocycles. The fourth-order valence-electron chi connectivity index (χ4n) is 3.90. The summed E-state index contributed by atoms with van der Waals surface area (Å²) in [6.45, 7) is 0. The predicted molar refractivity (Wildman–Crippen MR) is 102 cm³/mol. The molecule has 1 fully saturated rings. The summed E-state index contributed by atoms with van der Waals surface area (Å²) in [5.74, 6) is 0.450. The van der Waals surface area contributed by atoms with E-state index in [4.69, 9.17) is 27.1 Å². The van der Waals surface area contributed by atoms with Gasteiger partial charge in [-0.15, -0.1) is 0 Å². The van der Waals surface area contributed by atoms with Gasteiger partial charge in [-0.25, -0.2) is 4.99 Å². The number of ketones is 1. The number of carbonyl (C=O) groups is 1. The smallest absolute Gasteiger partial charge is 0.205 e. The minimum absolute atomic E-state index is 0.00693. The van der Waals surface area contributed by atoms with Gasteiger partial charge in [-0.1, -0.05) is 60.1 Å². The van der Waals surface area contributed by atoms with Gasteiger partial charge in [-0.2, -0.15) is 0 Å². The van der Waals surface area contributed by atoms with Crippen molar-refractivity contribution >= 4 is 23.3 Å². The Balaban J connectivity index is 1.73. The summed E-state index contributed by atoms with van der Waals surface area (Å²) in [4.78, 5) is 17.9. The number of benzene rings is 2. The van der Waals surface area contributed by atoms with E-state index in [-0.39, 0.29) is 5.78 Å². The van der Waals surface area contributed by atoms with Crippen molar-refractivity contribution in [3.63, 3.8) is 0 Å². The second-order valence-electron chi connectivity index (χ2n) is 6.95. The van der Waals surface area contributed by atoms with E-state index in [0.717, 1.165) is 17.5 Å². The Morgan fingerprint density at radius 2 is 1.92 bits per heavy atom. The van der Waals surface area contributed by atoms with Gasteiger partial charge in [0.1, 0.15) is 0 Å². The minimum atomic E-state index is -0.969. The maximum atomic E-state index is 13.1. The second-order valence-corrected chi connectivity index (χ2v) is 7.36. The number of ether oxygens (including phenoxy) is 1. The van der Waals surface area contributed by atoms with Crippen LogP contribution in [0, 0.1) is 0 Å². The van der Waals surface area contributed by atoms with Crippen LogP contribution in [0.1, 0.15) is 30.4 Å². The largest absolute Gasteiger partial charge is 0.468 e. The van der Waals surface area contributed by atoms with Crippen LogP contribution in [-0.4, -0.2) is 23.8 Å². The highest BCUT2D eigenvalue weighted by Gasteiger charge is 2.52. The lowest BCUT2D eigenvalue weighted by atomic mass is 9.73. The summed E-state index contributed by atoms with van der Waals surface area (Å²) in [6.07, 6.45) is 2.32. The van der Waals surface area contributed by atoms with Gasteiger partial charge in [0.25, 0.3) is 0 Å². The SMILES string of the molecule is N[C@@H](Cc1ccccc1)C1=NC2(c3ccccc3Cl)CCC[C@H](O1)C2=O. The van der Waals surface area contributed by atoms with Crippen molar-refractivity contribution in [2.24, 2.45) is 10.7 Å². The summed E-state index contributed by atoms with van der Waals surface area (Å²) in [5, 5.41) is 0.558. The first-order valence-electron chi connectivity index (χ1n) is 8.95. The Labute approximate surface area is 158 Å². The van der Waals surface area contributed by atoms with Crippen molar-refractivity contribution in [1.82, 2.24) is 0 Å². The van der Waals surface area contributed by atoms with Crippen molar-refractivity contribution < 1.29 is 9.53 Å². The molecule has 134 valence electrons. The topological polar surface area (TPSA) is 64.7 Å². The van der Waals surface area contributed by atoms with Gasteiger partial charge in [-0.3, -0.25) is 4.79 Å². The molecule has 2 N–H and O–H groups in total. The van der Waals surface area contributed by atoms with Crippen LogP contribution >= 0.6 is 11.6 Å². The molecule has 0 saturated heterocycles. The van der Waals surface area contributed by atoms with Gasteiger partial charge < -0.3 is 10.5 Å². The molecule has 3 atom stereocenters. The average Bonchev–Trinajstić information content (AvgIpc) is 2.63. The van der Waals surface area contributed by atoms with Crippen LogP contribution in [0.5, 0.6) is 0 Å². The maximum absolute atomic E-state index is 13.1. The van der Waals surface area contributed by atoms with Gasteiger partial charge in [0.05, 0.1) is 6.04 Å². The van der Waals surface area contributed by atoms with Crippen LogP contribution in [0.3, 0.4) is 0 Å². The van der Waals surface area contributed by atoms with Crippen molar-refractivity contribution in [3.8, 4) is 0 Å². The molecule has 1 unspecified atom stereocenters. The molecule has 2 aromatic carbocycles. The van der Waals surface area contributed by atoms with Crippen LogP contribution in [0.25, 0.3) is 0 Å². The number of rotatable bonds is 4. The molecule has 0 amide bonds. The van der Waals surface area contributed by atoms with E-state index < -0.39 is 17.7 Å². The Morgan fingerprint density at radius 3 is 2.69 bits per heavy atom. The van der Waals surface area contributed by atoms with Gasteiger partial charge in [0.2, 0.25) is 11.7 Å². The number of halogens is 1. The molecule has 2 aromatic rings. The zero-order valence-corrected chi connectivity index (χ0v) is 15.2. The quantitative estimate of drug-likeness (QED) is 0.895. The van der Waals surface area contributed by atoms with Crippen LogP contribution in [0.4, 0.5) is 0 Å². The van der Waals surface area contributed by atoms with Crippen molar-refractivity contribution in [3.05, 3.63) is 70.7 Å². The highest BCUT2D eigenvalue weighted by atomic mass is 35.5. The van der Waals surface area contributed by atoms with Crippen LogP contribution in [-0.2, 0) is 21.5 Å². The van der Waals surface area contributed by atoms with Gasteiger partial charge in [0, 0.05) is 10.6 Å². The summed E-state index contributed by atoms with van der Waals surface area (Å²) < 4.78 is 5.92. The standard InChI is InChI=1S/C21H21ClN2O2/c22-16-10-5-4-9-15(16)21-12-6-11-18(19(21)25)26-20(24-21)17(23)13-14-7-2-1-3-8-14/h1-5,7-10,17-18H,6,11-13,23H2/t17-,18-,21?/m0/s1. The van der Waals surface area contributed by atoms with Crippen molar-refractivity contribution in [2.75, 3.05) is 0 Å². The molecule has 2 aliphatic rings. The first-order chi connectivity index (χ1) is 12.6. The number of nitrogens with two attached hydrogens (primary N) is 1. The molecule has 26 heavy (non-hydrogen) atoms. The highest BCUT2D eigenvalue weighted by Crippen LogP contribution is 2.44. The molecule has 5 heteroatoms. The number of nitrogens with zero attached hydrogens (tertiary/aromatic N) is 1. The second kappa shape index (κ2) is 6.86. The molecule has 0 spiro atoms. The molecule has 4 rings (SSSR count). The minimum Gasteiger partial charge on any atom is -0.468 e. The van der Waals surface area contributed by atoms with E-state index in [1.54, 1.807) is 6.07 Å². The molecule has 1 saturated carbocycles. The van der Waals surface area contributed by atoms with Gasteiger partial charge in [0.15, 0.2) is 11.6 Å². The van der Waals surface area contributed by atoms with Gasteiger partial charge in [-0.05, 0) is 37.3 Å². The number of hydrogen-bond donors (Lipinski definition) is 1. The Kier molecular flexibility index (Phi) is 4.55. The lowest BCUT2D eigenvalue weighted by Gasteiger charge is -2.42. The summed E-state index contributed by atoms with van der Waals surface area (Å²) in [6, 6.07) is 17.0. The van der Waals surface area contributed by atoms with E-state index in [9.17, 15) is 4.79 Å². The number of fused-ring (bicyclic) bond motifs is 2. The van der Waals surface area contributed by atoms with E-state index in [1.807, 2.05) is 48.5 Å². The van der Waals surface area contributed by atoms with Crippen molar-refractivity contribution in [2.45, 2.75) is 43.4 Å². The third-order valence-corrected chi connectivity index (χ3v) is 5.53. The fourth-order valence-corrected chi connectivity index (χ4v) is 4.19. The molecule has 1 heterocycles. The number of hydrogen-bond acceptors (Lipinski definition) is 4. The van der Waals surface area contributed by atoms with E-state index in [0.29, 0.717) is 30.2 Å². The highest BCUT2D eigenvalue weighted by molar-refractivity contribution is 6.32. The van der Waals surface area contributed by atoms with Gasteiger partial charge >= 0.3 is 0 Å². The molecular formula is C21H21ClN2O2. The van der Waals surface area contributed by atoms with E-state index in [2.05, 4.69) is 0 Å². The van der Waals surface area contributed by atoms with E-state index in [1.165, 1.54) is 0 Å². The first-order valence-corrected chi connectivity index (χ1v) is 9.33. The normalized spacial score (nSPS) is 26.0. The zero-order valence-electron chi connectivity index (χ0n) is 14.4. The third kappa shape index (κ3) is 2.93. The summed E-state index contributed by atoms with van der Waals surface area (Å²) in [5.41, 5.74) is 7.30. The summed E-state index contributed by atoms with van der Waals surface area (Å²) in [7, 11) is 0. The monoisotopic (exact) mass is 368 g/mol. The zero-order chi connectivity index (χ0) is 18.1. The molecular weight excluding hydrogens is 348 g/mol. The maximum Gasteiger partial charge on any atom is 0.205 e. The Bertz CT molecular complexity index is 852. The lowest BCUT2D eigenvalue weighted by molar-refractivity contribution is -0.137. The Morgan fingerprint density at radius 1 is 1.19 bits per heavy atom. The number of carbonyl (C=O) groups excluding carboxylic acids is 1. The van der Waals surface area contributed by atoms with Crippen LogP contribution in [0.15, 0.2) is 59.6 Å². The first kappa shape index (κ1) is 17.3. The summed E-state index contributed by atoms with van der Waals surface area (Å²) >= 11 is 6.43. The predicted octanol–water partition coefficient (Wildman–Crippen LogP) is 3.66. The molecule has 0 radical (unpaired) electrons. The Hall–Kier alpha value is -2.17. The molecule has 4 nitrogen and oxygen atoms in total. The van der Waals surface area contributed by atoms with E-state index >= 15 is 0 Å². The average molecular weight is 369 g/mol. The fraction of sp³-hybridized carbons (Fsp3) is 0.333. The molecule has 1 aliphatic heterocycles. The van der Waals surface area contributed by atoms with Crippen molar-refractivity contribution in [1.29, 1.82) is 0 Å². The lowest BCUT2D eigenvalue weighted by Crippen LogP contribution is -2.54. The number of Topliss-reactive ketones (excluding diaryl/α,β-unsaturated/α-hetero) is 1. The third-order valence-electron chi connectivity index (χ3n) is 5.20. The van der Waals surface area contributed by atoms with Crippen LogP contribution < -0.4 is 5.73 Å². The molecule has 2 bridgehead atoms. The number of aliphatic imine (C=N–C) groups is 1. The van der Waals surface area contributed by atoms with Crippen LogP contribution in [0.2, 0.25) is 5.02 Å². The molecule has 1 aliphatic carbocycles.